The van der Waals surface area contributed by atoms with Gasteiger partial charge in [-0.2, -0.15) is 0 Å². The van der Waals surface area contributed by atoms with Crippen LogP contribution >= 0.6 is 0 Å². The molecule has 0 saturated carbocycles. The molecule has 0 saturated heterocycles. The van der Waals surface area contributed by atoms with Crippen LogP contribution in [0, 0.1) is 20.8 Å². The first-order chi connectivity index (χ1) is 19.7. The number of hydrogen-bond donors (Lipinski definition) is 2. The number of hydrogen-bond acceptors (Lipinski definition) is 5. The van der Waals surface area contributed by atoms with Crippen molar-refractivity contribution in [3.8, 4) is 22.8 Å². The van der Waals surface area contributed by atoms with Crippen LogP contribution in [0.3, 0.4) is 0 Å². The van der Waals surface area contributed by atoms with E-state index in [-0.39, 0.29) is 18.8 Å². The van der Waals surface area contributed by atoms with Crippen LogP contribution in [0.1, 0.15) is 27.8 Å². The molecule has 41 heavy (non-hydrogen) atoms. The summed E-state index contributed by atoms with van der Waals surface area (Å²) in [7, 11) is 1.61. The average Bonchev–Trinajstić information content (AvgIpc) is 2.95. The van der Waals surface area contributed by atoms with E-state index in [2.05, 4.69) is 17.4 Å². The fourth-order valence-electron chi connectivity index (χ4n) is 5.41. The van der Waals surface area contributed by atoms with Crippen molar-refractivity contribution < 1.29 is 14.3 Å². The Morgan fingerprint density at radius 3 is 2.44 bits per heavy atom. The van der Waals surface area contributed by atoms with Crippen molar-refractivity contribution in [2.24, 2.45) is 10.7 Å². The molecule has 0 bridgehead atoms. The van der Waals surface area contributed by atoms with Crippen LogP contribution < -0.4 is 31.7 Å². The highest BCUT2D eigenvalue weighted by molar-refractivity contribution is 5.71. The Morgan fingerprint density at radius 2 is 1.76 bits per heavy atom. The predicted octanol–water partition coefficient (Wildman–Crippen LogP) is 4.29. The Bertz CT molecular complexity index is 1710. The zero-order chi connectivity index (χ0) is 29.1. The summed E-state index contributed by atoms with van der Waals surface area (Å²) in [6.07, 6.45) is 0.653. The monoisotopic (exact) mass is 553 g/mol. The number of nitrogens with one attached hydrogen (secondary N) is 1. The van der Waals surface area contributed by atoms with Gasteiger partial charge in [0, 0.05) is 31.3 Å². The normalized spacial score (nSPS) is 12.4. The fraction of sp³-hybridized carbons (Fsp3) is 0.281. The van der Waals surface area contributed by atoms with Crippen LogP contribution in [0.4, 0.5) is 10.5 Å². The lowest BCUT2D eigenvalue weighted by molar-refractivity contribution is 0.248. The van der Waals surface area contributed by atoms with Crippen LogP contribution in [-0.2, 0) is 26.1 Å². The van der Waals surface area contributed by atoms with E-state index in [1.54, 1.807) is 16.2 Å². The fourth-order valence-corrected chi connectivity index (χ4v) is 5.41. The Kier molecular flexibility index (Phi) is 7.96. The molecule has 0 aliphatic carbocycles. The first-order valence-corrected chi connectivity index (χ1v) is 13.6. The minimum absolute atomic E-state index is 0.204. The Labute approximate surface area is 238 Å². The standard InChI is InChI=1S/C32H35N5O4/c1-20-14-21(2)30(22(3)15-20)35-29-18-26-25-17-27(40-4)28(41-19-23-8-6-5-7-9-23)16-24(25)10-12-36(26)32(39)37(29)13-11-34-31(33)38/h5-9,14-18H,10-13,19H2,1-4H3,(H3,33,34,38)/b35-29+. The third-order valence-corrected chi connectivity index (χ3v) is 7.30. The van der Waals surface area contributed by atoms with Crippen molar-refractivity contribution in [2.75, 3.05) is 13.7 Å². The molecular formula is C32H35N5O4. The smallest absolute Gasteiger partial charge is 0.330 e. The lowest BCUT2D eigenvalue weighted by atomic mass is 9.97. The third kappa shape index (κ3) is 5.89. The summed E-state index contributed by atoms with van der Waals surface area (Å²) in [5.74, 6) is 1.25. The molecule has 2 heterocycles. The Hall–Kier alpha value is -4.79. The highest BCUT2D eigenvalue weighted by Crippen LogP contribution is 2.38. The molecule has 9 nitrogen and oxygen atoms in total. The molecular weight excluding hydrogens is 518 g/mol. The van der Waals surface area contributed by atoms with E-state index >= 15 is 0 Å². The number of urea groups is 1. The third-order valence-electron chi connectivity index (χ3n) is 7.30. The second-order valence-electron chi connectivity index (χ2n) is 10.3. The molecule has 0 spiro atoms. The van der Waals surface area contributed by atoms with Crippen molar-refractivity contribution in [3.05, 3.63) is 104 Å². The number of rotatable bonds is 8. The number of fused-ring (bicyclic) bond motifs is 3. The second kappa shape index (κ2) is 11.8. The van der Waals surface area contributed by atoms with Gasteiger partial charge in [0.25, 0.3) is 0 Å². The van der Waals surface area contributed by atoms with Gasteiger partial charge in [0.1, 0.15) is 12.1 Å². The van der Waals surface area contributed by atoms with E-state index in [1.165, 1.54) is 0 Å². The van der Waals surface area contributed by atoms with Gasteiger partial charge in [0.05, 0.1) is 18.5 Å². The van der Waals surface area contributed by atoms with E-state index in [0.717, 1.165) is 44.8 Å². The van der Waals surface area contributed by atoms with E-state index < -0.39 is 6.03 Å². The first kappa shape index (κ1) is 27.8. The summed E-state index contributed by atoms with van der Waals surface area (Å²) in [6.45, 7) is 7.43. The van der Waals surface area contributed by atoms with Crippen LogP contribution in [0.2, 0.25) is 0 Å². The molecule has 1 aromatic heterocycles. The number of aryl methyl sites for hydroxylation is 4. The van der Waals surface area contributed by atoms with Gasteiger partial charge in [-0.25, -0.2) is 14.6 Å². The number of methoxy groups -OCH3 is 1. The van der Waals surface area contributed by atoms with Gasteiger partial charge in [-0.15, -0.1) is 0 Å². The van der Waals surface area contributed by atoms with E-state index in [4.69, 9.17) is 20.2 Å². The molecule has 0 fully saturated rings. The lowest BCUT2D eigenvalue weighted by Crippen LogP contribution is -2.44. The molecule has 0 unspecified atom stereocenters. The number of aromatic nitrogens is 2. The zero-order valence-corrected chi connectivity index (χ0v) is 23.9. The first-order valence-electron chi connectivity index (χ1n) is 13.6. The van der Waals surface area contributed by atoms with Crippen molar-refractivity contribution in [3.63, 3.8) is 0 Å². The van der Waals surface area contributed by atoms with Crippen molar-refractivity contribution in [2.45, 2.75) is 46.9 Å². The van der Waals surface area contributed by atoms with Crippen molar-refractivity contribution >= 4 is 11.7 Å². The molecule has 0 radical (unpaired) electrons. The zero-order valence-electron chi connectivity index (χ0n) is 23.9. The van der Waals surface area contributed by atoms with Crippen LogP contribution in [0.15, 0.2) is 70.5 Å². The van der Waals surface area contributed by atoms with Gasteiger partial charge in [0.15, 0.2) is 11.5 Å². The molecule has 3 N–H and O–H groups in total. The van der Waals surface area contributed by atoms with Gasteiger partial charge < -0.3 is 20.5 Å². The molecule has 212 valence electrons. The maximum Gasteiger partial charge on any atom is 0.330 e. The molecule has 5 rings (SSSR count). The number of primary amides is 1. The highest BCUT2D eigenvalue weighted by Gasteiger charge is 2.23. The summed E-state index contributed by atoms with van der Waals surface area (Å²) in [5, 5.41) is 2.58. The van der Waals surface area contributed by atoms with Gasteiger partial charge in [-0.05, 0) is 61.6 Å². The quantitative estimate of drug-likeness (QED) is 0.339. The minimum atomic E-state index is -0.640. The van der Waals surface area contributed by atoms with Crippen molar-refractivity contribution in [1.29, 1.82) is 0 Å². The minimum Gasteiger partial charge on any atom is -0.493 e. The molecule has 9 heteroatoms. The van der Waals surface area contributed by atoms with Crippen LogP contribution in [-0.4, -0.2) is 28.8 Å². The Balaban J connectivity index is 1.63. The molecule has 4 aromatic rings. The number of nitrogens with zero attached hydrogens (tertiary/aromatic N) is 3. The summed E-state index contributed by atoms with van der Waals surface area (Å²) in [6, 6.07) is 19.4. The largest absolute Gasteiger partial charge is 0.493 e. The number of ether oxygens (including phenoxy) is 2. The molecule has 2 amide bonds. The van der Waals surface area contributed by atoms with Gasteiger partial charge in [-0.1, -0.05) is 48.0 Å². The van der Waals surface area contributed by atoms with Crippen LogP contribution in [0.25, 0.3) is 11.3 Å². The van der Waals surface area contributed by atoms with Crippen molar-refractivity contribution in [1.82, 2.24) is 14.5 Å². The molecule has 1 aliphatic heterocycles. The van der Waals surface area contributed by atoms with E-state index in [9.17, 15) is 9.59 Å². The summed E-state index contributed by atoms with van der Waals surface area (Å²) < 4.78 is 15.2. The number of carbonyl (C=O) groups is 1. The highest BCUT2D eigenvalue weighted by atomic mass is 16.5. The van der Waals surface area contributed by atoms with Crippen LogP contribution in [0.5, 0.6) is 11.5 Å². The predicted molar refractivity (Wildman–Crippen MR) is 159 cm³/mol. The number of amides is 2. The lowest BCUT2D eigenvalue weighted by Gasteiger charge is -2.25. The number of benzene rings is 3. The maximum atomic E-state index is 13.9. The number of carbonyl (C=O) groups excluding carboxylic acids is 1. The van der Waals surface area contributed by atoms with Gasteiger partial charge >= 0.3 is 11.7 Å². The van der Waals surface area contributed by atoms with E-state index in [1.807, 2.05) is 69.3 Å². The Morgan fingerprint density at radius 1 is 1.02 bits per heavy atom. The molecule has 0 atom stereocenters. The average molecular weight is 554 g/mol. The maximum absolute atomic E-state index is 13.9. The summed E-state index contributed by atoms with van der Waals surface area (Å²) in [5.41, 5.74) is 13.4. The summed E-state index contributed by atoms with van der Waals surface area (Å²) >= 11 is 0. The van der Waals surface area contributed by atoms with Gasteiger partial charge in [0.2, 0.25) is 0 Å². The second-order valence-corrected chi connectivity index (χ2v) is 10.3. The number of nitrogens with two attached hydrogens (primary N) is 1. The molecule has 3 aromatic carbocycles. The summed E-state index contributed by atoms with van der Waals surface area (Å²) in [4.78, 5) is 30.2. The van der Waals surface area contributed by atoms with E-state index in [0.29, 0.717) is 36.6 Å². The molecule has 1 aliphatic rings. The topological polar surface area (TPSA) is 113 Å². The SMILES string of the molecule is COc1cc2c(cc1OCc1ccccc1)CCn1c-2c/c(=N\c2c(C)cc(C)cc2C)n(CCNC(N)=O)c1=O. The van der Waals surface area contributed by atoms with Gasteiger partial charge in [-0.3, -0.25) is 9.13 Å².